The third-order valence-electron chi connectivity index (χ3n) is 3.05. The molecule has 0 saturated carbocycles. The molecule has 0 aliphatic heterocycles. The summed E-state index contributed by atoms with van der Waals surface area (Å²) >= 11 is 0. The number of likely N-dealkylation sites (N-methyl/N-ethyl adjacent to an activating group) is 1. The van der Waals surface area contributed by atoms with Crippen LogP contribution in [0.5, 0.6) is 5.75 Å². The Bertz CT molecular complexity index is 485. The average molecular weight is 242 g/mol. The predicted molar refractivity (Wildman–Crippen MR) is 72.7 cm³/mol. The van der Waals surface area contributed by atoms with Gasteiger partial charge < -0.3 is 10.1 Å². The molecule has 0 aliphatic carbocycles. The Balaban J connectivity index is 2.23. The Kier molecular flexibility index (Phi) is 4.31. The second-order valence-corrected chi connectivity index (χ2v) is 4.14. The summed E-state index contributed by atoms with van der Waals surface area (Å²) in [7, 11) is 3.68. The lowest BCUT2D eigenvalue weighted by molar-refractivity contribution is 0.401. The van der Waals surface area contributed by atoms with Crippen molar-refractivity contribution >= 4 is 0 Å². The molecular formula is C15H18N2O. The van der Waals surface area contributed by atoms with E-state index < -0.39 is 0 Å². The predicted octanol–water partition coefficient (Wildman–Crippen LogP) is 2.59. The van der Waals surface area contributed by atoms with Gasteiger partial charge in [0.1, 0.15) is 5.75 Å². The summed E-state index contributed by atoms with van der Waals surface area (Å²) in [6, 6.07) is 12.4. The van der Waals surface area contributed by atoms with Crippen molar-refractivity contribution in [1.82, 2.24) is 10.3 Å². The first kappa shape index (κ1) is 12.6. The van der Waals surface area contributed by atoms with Crippen molar-refractivity contribution in [2.45, 2.75) is 12.5 Å². The zero-order chi connectivity index (χ0) is 12.8. The van der Waals surface area contributed by atoms with E-state index in [-0.39, 0.29) is 6.04 Å². The molecule has 1 atom stereocenters. The minimum absolute atomic E-state index is 0.239. The smallest absolute Gasteiger partial charge is 0.123 e. The molecule has 1 aromatic heterocycles. The molecule has 0 amide bonds. The fourth-order valence-electron chi connectivity index (χ4n) is 2.08. The van der Waals surface area contributed by atoms with Crippen molar-refractivity contribution in [3.8, 4) is 5.75 Å². The van der Waals surface area contributed by atoms with Crippen molar-refractivity contribution < 1.29 is 4.74 Å². The Morgan fingerprint density at radius 3 is 2.56 bits per heavy atom. The fraction of sp³-hybridized carbons (Fsp3) is 0.267. The summed E-state index contributed by atoms with van der Waals surface area (Å²) in [5.41, 5.74) is 2.44. The van der Waals surface area contributed by atoms with Crippen LogP contribution in [0.15, 0.2) is 48.8 Å². The number of methoxy groups -OCH3 is 1. The van der Waals surface area contributed by atoms with E-state index in [9.17, 15) is 0 Å². The lowest BCUT2D eigenvalue weighted by Gasteiger charge is -2.19. The second-order valence-electron chi connectivity index (χ2n) is 4.14. The maximum absolute atomic E-state index is 5.41. The lowest BCUT2D eigenvalue weighted by Crippen LogP contribution is -2.19. The van der Waals surface area contributed by atoms with E-state index in [2.05, 4.69) is 16.4 Å². The van der Waals surface area contributed by atoms with E-state index in [1.807, 2.05) is 49.8 Å². The van der Waals surface area contributed by atoms with Crippen molar-refractivity contribution in [3.63, 3.8) is 0 Å². The number of ether oxygens (including phenoxy) is 1. The van der Waals surface area contributed by atoms with Crippen LogP contribution in [0, 0.1) is 0 Å². The standard InChI is InChI=1S/C15H18N2O/c1-16-14(11-12-7-9-17-10-8-12)13-5-3-4-6-15(13)18-2/h3-10,14,16H,11H2,1-2H3. The van der Waals surface area contributed by atoms with Gasteiger partial charge in [-0.2, -0.15) is 0 Å². The summed E-state index contributed by atoms with van der Waals surface area (Å²) < 4.78 is 5.41. The zero-order valence-corrected chi connectivity index (χ0v) is 10.8. The quantitative estimate of drug-likeness (QED) is 0.875. The second kappa shape index (κ2) is 6.17. The largest absolute Gasteiger partial charge is 0.496 e. The zero-order valence-electron chi connectivity index (χ0n) is 10.8. The molecular weight excluding hydrogens is 224 g/mol. The van der Waals surface area contributed by atoms with E-state index in [0.717, 1.165) is 12.2 Å². The number of benzene rings is 1. The molecule has 3 heteroatoms. The SMILES string of the molecule is CNC(Cc1ccncc1)c1ccccc1OC. The van der Waals surface area contributed by atoms with Crippen LogP contribution in [0.4, 0.5) is 0 Å². The van der Waals surface area contributed by atoms with Crippen LogP contribution in [-0.4, -0.2) is 19.1 Å². The van der Waals surface area contributed by atoms with Crippen LogP contribution in [0.1, 0.15) is 17.2 Å². The number of aromatic nitrogens is 1. The van der Waals surface area contributed by atoms with Crippen LogP contribution in [0.2, 0.25) is 0 Å². The van der Waals surface area contributed by atoms with Gasteiger partial charge in [0.25, 0.3) is 0 Å². The molecule has 1 N–H and O–H groups in total. The summed E-state index contributed by atoms with van der Waals surface area (Å²) in [6.07, 6.45) is 4.56. The van der Waals surface area contributed by atoms with E-state index in [0.29, 0.717) is 0 Å². The van der Waals surface area contributed by atoms with E-state index in [1.165, 1.54) is 11.1 Å². The number of hydrogen-bond donors (Lipinski definition) is 1. The third-order valence-corrected chi connectivity index (χ3v) is 3.05. The summed E-state index contributed by atoms with van der Waals surface area (Å²) in [5, 5.41) is 3.34. The van der Waals surface area contributed by atoms with Crippen LogP contribution in [-0.2, 0) is 6.42 Å². The molecule has 18 heavy (non-hydrogen) atoms. The Hall–Kier alpha value is -1.87. The highest BCUT2D eigenvalue weighted by atomic mass is 16.5. The Morgan fingerprint density at radius 2 is 1.89 bits per heavy atom. The van der Waals surface area contributed by atoms with Gasteiger partial charge in [0, 0.05) is 24.0 Å². The maximum Gasteiger partial charge on any atom is 0.123 e. The number of para-hydroxylation sites is 1. The van der Waals surface area contributed by atoms with Gasteiger partial charge >= 0.3 is 0 Å². The first-order valence-corrected chi connectivity index (χ1v) is 6.04. The monoisotopic (exact) mass is 242 g/mol. The molecule has 1 aromatic carbocycles. The van der Waals surface area contributed by atoms with Crippen LogP contribution >= 0.6 is 0 Å². The Morgan fingerprint density at radius 1 is 1.17 bits per heavy atom. The normalized spacial score (nSPS) is 12.1. The van der Waals surface area contributed by atoms with E-state index in [4.69, 9.17) is 4.74 Å². The fourth-order valence-corrected chi connectivity index (χ4v) is 2.08. The number of pyridine rings is 1. The van der Waals surface area contributed by atoms with Crippen molar-refractivity contribution in [3.05, 3.63) is 59.9 Å². The van der Waals surface area contributed by atoms with E-state index in [1.54, 1.807) is 7.11 Å². The van der Waals surface area contributed by atoms with Gasteiger partial charge in [-0.1, -0.05) is 18.2 Å². The molecule has 2 rings (SSSR count). The molecule has 1 heterocycles. The highest BCUT2D eigenvalue weighted by Gasteiger charge is 2.14. The van der Waals surface area contributed by atoms with Crippen LogP contribution in [0.3, 0.4) is 0 Å². The number of hydrogen-bond acceptors (Lipinski definition) is 3. The summed E-state index contributed by atoms with van der Waals surface area (Å²) in [4.78, 5) is 4.04. The first-order valence-electron chi connectivity index (χ1n) is 6.04. The highest BCUT2D eigenvalue weighted by molar-refractivity contribution is 5.36. The Labute approximate surface area is 108 Å². The van der Waals surface area contributed by atoms with Gasteiger partial charge in [-0.25, -0.2) is 0 Å². The lowest BCUT2D eigenvalue weighted by atomic mass is 9.99. The number of nitrogens with one attached hydrogen (secondary N) is 1. The van der Waals surface area contributed by atoms with Gasteiger partial charge in [-0.05, 0) is 37.2 Å². The van der Waals surface area contributed by atoms with Crippen molar-refractivity contribution in [1.29, 1.82) is 0 Å². The van der Waals surface area contributed by atoms with Crippen LogP contribution < -0.4 is 10.1 Å². The van der Waals surface area contributed by atoms with E-state index >= 15 is 0 Å². The van der Waals surface area contributed by atoms with Crippen molar-refractivity contribution in [2.75, 3.05) is 14.2 Å². The van der Waals surface area contributed by atoms with Crippen LogP contribution in [0.25, 0.3) is 0 Å². The molecule has 0 bridgehead atoms. The minimum atomic E-state index is 0.239. The molecule has 1 unspecified atom stereocenters. The molecule has 0 saturated heterocycles. The number of nitrogens with zero attached hydrogens (tertiary/aromatic N) is 1. The van der Waals surface area contributed by atoms with Gasteiger partial charge in [-0.3, -0.25) is 4.98 Å². The third kappa shape index (κ3) is 2.87. The number of rotatable bonds is 5. The molecule has 0 fully saturated rings. The maximum atomic E-state index is 5.41. The first-order chi connectivity index (χ1) is 8.85. The average Bonchev–Trinajstić information content (AvgIpc) is 2.46. The molecule has 0 radical (unpaired) electrons. The summed E-state index contributed by atoms with van der Waals surface area (Å²) in [6.45, 7) is 0. The molecule has 3 nitrogen and oxygen atoms in total. The molecule has 94 valence electrons. The summed E-state index contributed by atoms with van der Waals surface area (Å²) in [5.74, 6) is 0.922. The van der Waals surface area contributed by atoms with Gasteiger partial charge in [0.15, 0.2) is 0 Å². The van der Waals surface area contributed by atoms with Gasteiger partial charge in [0.05, 0.1) is 7.11 Å². The van der Waals surface area contributed by atoms with Gasteiger partial charge in [0.2, 0.25) is 0 Å². The molecule has 0 aliphatic rings. The van der Waals surface area contributed by atoms with Gasteiger partial charge in [-0.15, -0.1) is 0 Å². The molecule has 2 aromatic rings. The highest BCUT2D eigenvalue weighted by Crippen LogP contribution is 2.26. The minimum Gasteiger partial charge on any atom is -0.496 e. The molecule has 0 spiro atoms. The topological polar surface area (TPSA) is 34.2 Å². The van der Waals surface area contributed by atoms with Crippen molar-refractivity contribution in [2.24, 2.45) is 0 Å².